The maximum Gasteiger partial charge on any atom is 0.124 e. The molecule has 0 spiro atoms. The Kier molecular flexibility index (Phi) is 5.40. The van der Waals surface area contributed by atoms with Gasteiger partial charge >= 0.3 is 0 Å². The van der Waals surface area contributed by atoms with E-state index in [-0.39, 0.29) is 5.82 Å². The predicted molar refractivity (Wildman–Crippen MR) is 81.5 cm³/mol. The van der Waals surface area contributed by atoms with Crippen LogP contribution in [-0.4, -0.2) is 6.04 Å². The Morgan fingerprint density at radius 1 is 1.26 bits per heavy atom. The van der Waals surface area contributed by atoms with E-state index in [1.54, 1.807) is 6.07 Å². The second-order valence-corrected chi connectivity index (χ2v) is 6.87. The molecule has 0 radical (unpaired) electrons. The number of halogens is 2. The minimum Gasteiger partial charge on any atom is -0.310 e. The first kappa shape index (κ1) is 15.0. The van der Waals surface area contributed by atoms with Crippen LogP contribution in [0.5, 0.6) is 0 Å². The van der Waals surface area contributed by atoms with Gasteiger partial charge in [0, 0.05) is 17.1 Å². The molecule has 1 fully saturated rings. The van der Waals surface area contributed by atoms with E-state index in [9.17, 15) is 4.39 Å². The van der Waals surface area contributed by atoms with E-state index >= 15 is 0 Å². The van der Waals surface area contributed by atoms with E-state index in [2.05, 4.69) is 35.1 Å². The highest BCUT2D eigenvalue weighted by Gasteiger charge is 2.26. The van der Waals surface area contributed by atoms with Crippen molar-refractivity contribution in [2.45, 2.75) is 52.1 Å². The summed E-state index contributed by atoms with van der Waals surface area (Å²) in [6.07, 6.45) is 5.24. The molecule has 1 aliphatic rings. The van der Waals surface area contributed by atoms with Gasteiger partial charge in [0.15, 0.2) is 0 Å². The SMILES string of the molecule is CC(C)C1CCCCC1NCc1cc(F)cc(Br)c1. The molecular weight excluding hydrogens is 305 g/mol. The minimum absolute atomic E-state index is 0.171. The van der Waals surface area contributed by atoms with Crippen LogP contribution in [0, 0.1) is 17.7 Å². The molecule has 1 nitrogen and oxygen atoms in total. The molecule has 0 aliphatic heterocycles. The molecule has 3 heteroatoms. The van der Waals surface area contributed by atoms with Crippen LogP contribution in [0.2, 0.25) is 0 Å². The van der Waals surface area contributed by atoms with Gasteiger partial charge in [0.1, 0.15) is 5.82 Å². The standard InChI is InChI=1S/C16H23BrFN/c1-11(2)15-5-3-4-6-16(15)19-10-12-7-13(17)9-14(18)8-12/h7-9,11,15-16,19H,3-6,10H2,1-2H3. The molecule has 2 unspecified atom stereocenters. The van der Waals surface area contributed by atoms with Gasteiger partial charge in [-0.3, -0.25) is 0 Å². The van der Waals surface area contributed by atoms with Crippen molar-refractivity contribution in [3.05, 3.63) is 34.1 Å². The maximum absolute atomic E-state index is 13.3. The Labute approximate surface area is 124 Å². The van der Waals surface area contributed by atoms with E-state index in [0.717, 1.165) is 28.4 Å². The van der Waals surface area contributed by atoms with Crippen LogP contribution < -0.4 is 5.32 Å². The molecule has 2 rings (SSSR count). The van der Waals surface area contributed by atoms with E-state index in [0.29, 0.717) is 6.04 Å². The van der Waals surface area contributed by atoms with Gasteiger partial charge in [-0.1, -0.05) is 42.6 Å². The van der Waals surface area contributed by atoms with Crippen molar-refractivity contribution in [2.75, 3.05) is 0 Å². The van der Waals surface area contributed by atoms with Crippen molar-refractivity contribution in [1.29, 1.82) is 0 Å². The fourth-order valence-corrected chi connectivity index (χ4v) is 3.69. The first-order valence-corrected chi connectivity index (χ1v) is 8.04. The van der Waals surface area contributed by atoms with Crippen molar-refractivity contribution in [3.8, 4) is 0 Å². The second-order valence-electron chi connectivity index (χ2n) is 5.96. The summed E-state index contributed by atoms with van der Waals surface area (Å²) in [7, 11) is 0. The third kappa shape index (κ3) is 4.28. The van der Waals surface area contributed by atoms with Gasteiger partial charge in [-0.05, 0) is 48.4 Å². The highest BCUT2D eigenvalue weighted by Crippen LogP contribution is 2.30. The van der Waals surface area contributed by atoms with Crippen molar-refractivity contribution in [1.82, 2.24) is 5.32 Å². The van der Waals surface area contributed by atoms with Crippen LogP contribution in [0.15, 0.2) is 22.7 Å². The van der Waals surface area contributed by atoms with Gasteiger partial charge in [0.2, 0.25) is 0 Å². The third-order valence-electron chi connectivity index (χ3n) is 4.17. The van der Waals surface area contributed by atoms with Gasteiger partial charge in [0.05, 0.1) is 0 Å². The van der Waals surface area contributed by atoms with E-state index in [1.807, 2.05) is 6.07 Å². The summed E-state index contributed by atoms with van der Waals surface area (Å²) in [6.45, 7) is 5.37. The lowest BCUT2D eigenvalue weighted by molar-refractivity contribution is 0.204. The fraction of sp³-hybridized carbons (Fsp3) is 0.625. The zero-order valence-corrected chi connectivity index (χ0v) is 13.3. The highest BCUT2D eigenvalue weighted by molar-refractivity contribution is 9.10. The summed E-state index contributed by atoms with van der Waals surface area (Å²) in [5.41, 5.74) is 1.01. The van der Waals surface area contributed by atoms with Gasteiger partial charge in [-0.15, -0.1) is 0 Å². The maximum atomic E-state index is 13.3. The molecule has 0 aromatic heterocycles. The van der Waals surface area contributed by atoms with Gasteiger partial charge in [-0.2, -0.15) is 0 Å². The fourth-order valence-electron chi connectivity index (χ4n) is 3.17. The molecule has 1 saturated carbocycles. The molecule has 1 aromatic carbocycles. The summed E-state index contributed by atoms with van der Waals surface area (Å²) in [6, 6.07) is 5.69. The van der Waals surface area contributed by atoms with Gasteiger partial charge in [-0.25, -0.2) is 4.39 Å². The molecule has 1 aliphatic carbocycles. The summed E-state index contributed by atoms with van der Waals surface area (Å²) < 4.78 is 14.2. The molecule has 19 heavy (non-hydrogen) atoms. The molecule has 1 N–H and O–H groups in total. The monoisotopic (exact) mass is 327 g/mol. The van der Waals surface area contributed by atoms with E-state index in [1.165, 1.54) is 31.7 Å². The predicted octanol–water partition coefficient (Wildman–Crippen LogP) is 4.89. The van der Waals surface area contributed by atoms with E-state index < -0.39 is 0 Å². The average molecular weight is 328 g/mol. The zero-order chi connectivity index (χ0) is 13.8. The smallest absolute Gasteiger partial charge is 0.124 e. The summed E-state index contributed by atoms with van der Waals surface area (Å²) in [5.74, 6) is 1.30. The Balaban J connectivity index is 1.96. The first-order chi connectivity index (χ1) is 9.06. The van der Waals surface area contributed by atoms with Crippen molar-refractivity contribution in [2.24, 2.45) is 11.8 Å². The molecule has 2 atom stereocenters. The molecule has 1 aromatic rings. The topological polar surface area (TPSA) is 12.0 Å². The molecule has 0 saturated heterocycles. The quantitative estimate of drug-likeness (QED) is 0.829. The number of hydrogen-bond acceptors (Lipinski definition) is 1. The third-order valence-corrected chi connectivity index (χ3v) is 4.62. The minimum atomic E-state index is -0.171. The lowest BCUT2D eigenvalue weighted by Gasteiger charge is -2.35. The van der Waals surface area contributed by atoms with Crippen LogP contribution in [0.3, 0.4) is 0 Å². The zero-order valence-electron chi connectivity index (χ0n) is 11.8. The molecular formula is C16H23BrFN. The first-order valence-electron chi connectivity index (χ1n) is 7.24. The normalized spacial score (nSPS) is 23.8. The Morgan fingerprint density at radius 2 is 2.00 bits per heavy atom. The summed E-state index contributed by atoms with van der Waals surface area (Å²) >= 11 is 3.35. The number of nitrogens with one attached hydrogen (secondary N) is 1. The van der Waals surface area contributed by atoms with Crippen LogP contribution in [-0.2, 0) is 6.54 Å². The van der Waals surface area contributed by atoms with Crippen molar-refractivity contribution < 1.29 is 4.39 Å². The van der Waals surface area contributed by atoms with Crippen LogP contribution in [0.25, 0.3) is 0 Å². The molecule has 0 heterocycles. The van der Waals surface area contributed by atoms with Crippen LogP contribution in [0.4, 0.5) is 4.39 Å². The number of hydrogen-bond donors (Lipinski definition) is 1. The molecule has 0 bridgehead atoms. The highest BCUT2D eigenvalue weighted by atomic mass is 79.9. The summed E-state index contributed by atoms with van der Waals surface area (Å²) in [5, 5.41) is 3.64. The average Bonchev–Trinajstić information content (AvgIpc) is 2.35. The lowest BCUT2D eigenvalue weighted by atomic mass is 9.78. The van der Waals surface area contributed by atoms with Crippen LogP contribution >= 0.6 is 15.9 Å². The molecule has 0 amide bonds. The van der Waals surface area contributed by atoms with Gasteiger partial charge in [0.25, 0.3) is 0 Å². The van der Waals surface area contributed by atoms with Crippen molar-refractivity contribution >= 4 is 15.9 Å². The number of benzene rings is 1. The molecule has 106 valence electrons. The van der Waals surface area contributed by atoms with Crippen LogP contribution in [0.1, 0.15) is 45.1 Å². The van der Waals surface area contributed by atoms with Crippen molar-refractivity contribution in [3.63, 3.8) is 0 Å². The van der Waals surface area contributed by atoms with E-state index in [4.69, 9.17) is 0 Å². The lowest BCUT2D eigenvalue weighted by Crippen LogP contribution is -2.40. The second kappa shape index (κ2) is 6.85. The largest absolute Gasteiger partial charge is 0.310 e. The Bertz CT molecular complexity index is 399. The summed E-state index contributed by atoms with van der Waals surface area (Å²) in [4.78, 5) is 0. The van der Waals surface area contributed by atoms with Gasteiger partial charge < -0.3 is 5.32 Å². The Hall–Kier alpha value is -0.410. The Morgan fingerprint density at radius 3 is 2.68 bits per heavy atom. The number of rotatable bonds is 4.